The van der Waals surface area contributed by atoms with E-state index in [0.29, 0.717) is 12.2 Å². The van der Waals surface area contributed by atoms with E-state index in [1.807, 2.05) is 11.4 Å². The van der Waals surface area contributed by atoms with Crippen molar-refractivity contribution in [1.82, 2.24) is 4.90 Å². The topological polar surface area (TPSA) is 20.3 Å². The molecule has 1 aliphatic carbocycles. The van der Waals surface area contributed by atoms with E-state index in [-0.39, 0.29) is 5.54 Å². The van der Waals surface area contributed by atoms with Crippen LogP contribution in [0.3, 0.4) is 0 Å². The summed E-state index contributed by atoms with van der Waals surface area (Å²) in [6, 6.07) is 4.09. The third-order valence-corrected chi connectivity index (χ3v) is 5.27. The average Bonchev–Trinajstić information content (AvgIpc) is 2.82. The van der Waals surface area contributed by atoms with Gasteiger partial charge in [0, 0.05) is 11.3 Å². The highest BCUT2D eigenvalue weighted by Gasteiger charge is 2.42. The summed E-state index contributed by atoms with van der Waals surface area (Å²) < 4.78 is 0. The summed E-state index contributed by atoms with van der Waals surface area (Å²) in [5.41, 5.74) is -0.212. The molecule has 0 spiro atoms. The molecule has 0 radical (unpaired) electrons. The first-order valence-corrected chi connectivity index (χ1v) is 7.66. The van der Waals surface area contributed by atoms with Gasteiger partial charge in [-0.25, -0.2) is 0 Å². The fraction of sp³-hybridized carbons (Fsp3) is 0.667. The third kappa shape index (κ3) is 2.67. The highest BCUT2D eigenvalue weighted by molar-refractivity contribution is 7.10. The second-order valence-corrected chi connectivity index (χ2v) is 6.82. The molecule has 1 heterocycles. The molecule has 0 aromatic carbocycles. The fourth-order valence-corrected chi connectivity index (χ4v) is 3.65. The van der Waals surface area contributed by atoms with Crippen LogP contribution in [0.5, 0.6) is 0 Å². The van der Waals surface area contributed by atoms with Gasteiger partial charge in [0.05, 0.1) is 5.54 Å². The van der Waals surface area contributed by atoms with Crippen LogP contribution in [0.25, 0.3) is 0 Å². The van der Waals surface area contributed by atoms with E-state index in [9.17, 15) is 4.79 Å². The fourth-order valence-electron chi connectivity index (χ4n) is 2.95. The van der Waals surface area contributed by atoms with E-state index < -0.39 is 0 Å². The molecule has 0 atom stereocenters. The van der Waals surface area contributed by atoms with Gasteiger partial charge in [-0.2, -0.15) is 0 Å². The maximum absolute atomic E-state index is 12.7. The van der Waals surface area contributed by atoms with Crippen molar-refractivity contribution in [1.29, 1.82) is 0 Å². The normalized spacial score (nSPS) is 28.6. The molecule has 0 N–H and O–H groups in total. The van der Waals surface area contributed by atoms with Crippen molar-refractivity contribution in [2.75, 3.05) is 14.1 Å². The zero-order valence-corrected chi connectivity index (χ0v) is 12.4. The van der Waals surface area contributed by atoms with Crippen LogP contribution in [-0.2, 0) is 11.2 Å². The van der Waals surface area contributed by atoms with Crippen molar-refractivity contribution >= 4 is 17.1 Å². The molecule has 0 aliphatic heterocycles. The van der Waals surface area contributed by atoms with Gasteiger partial charge in [0.1, 0.15) is 0 Å². The van der Waals surface area contributed by atoms with E-state index in [1.54, 1.807) is 11.3 Å². The van der Waals surface area contributed by atoms with E-state index in [0.717, 1.165) is 18.8 Å². The Bertz CT molecular complexity index is 389. The van der Waals surface area contributed by atoms with Crippen LogP contribution in [0, 0.1) is 5.92 Å². The van der Waals surface area contributed by atoms with Crippen molar-refractivity contribution < 1.29 is 4.79 Å². The molecule has 0 amide bonds. The van der Waals surface area contributed by atoms with E-state index in [4.69, 9.17) is 0 Å². The van der Waals surface area contributed by atoms with Gasteiger partial charge in [-0.05, 0) is 57.1 Å². The Balaban J connectivity index is 2.12. The Hall–Kier alpha value is -0.670. The van der Waals surface area contributed by atoms with E-state index >= 15 is 0 Å². The highest BCUT2D eigenvalue weighted by atomic mass is 32.1. The van der Waals surface area contributed by atoms with Gasteiger partial charge in [0.15, 0.2) is 5.78 Å². The standard InChI is InChI=1S/C15H23NOS/c1-12-6-8-15(9-7-12,16(2)3)14(17)11-13-5-4-10-18-13/h4-5,10,12H,6-9,11H2,1-3H3. The Morgan fingerprint density at radius 1 is 1.44 bits per heavy atom. The number of hydrogen-bond donors (Lipinski definition) is 0. The monoisotopic (exact) mass is 265 g/mol. The van der Waals surface area contributed by atoms with Crippen LogP contribution in [0.1, 0.15) is 37.5 Å². The van der Waals surface area contributed by atoms with Crippen LogP contribution in [0.15, 0.2) is 17.5 Å². The minimum absolute atomic E-state index is 0.212. The van der Waals surface area contributed by atoms with Crippen molar-refractivity contribution in [3.05, 3.63) is 22.4 Å². The number of rotatable bonds is 4. The second-order valence-electron chi connectivity index (χ2n) is 5.79. The van der Waals surface area contributed by atoms with Crippen LogP contribution in [0.2, 0.25) is 0 Å². The molecule has 2 rings (SSSR count). The molecule has 1 fully saturated rings. The summed E-state index contributed by atoms with van der Waals surface area (Å²) in [5.74, 6) is 1.18. The number of Topliss-reactive ketones (excluding diaryl/α,β-unsaturated/α-hetero) is 1. The van der Waals surface area contributed by atoms with Gasteiger partial charge in [-0.15, -0.1) is 11.3 Å². The zero-order chi connectivity index (χ0) is 13.2. The minimum Gasteiger partial charge on any atom is -0.297 e. The first-order valence-electron chi connectivity index (χ1n) is 6.78. The molecule has 1 saturated carbocycles. The predicted molar refractivity (Wildman–Crippen MR) is 77.1 cm³/mol. The third-order valence-electron chi connectivity index (χ3n) is 4.39. The van der Waals surface area contributed by atoms with E-state index in [2.05, 4.69) is 32.0 Å². The summed E-state index contributed by atoms with van der Waals surface area (Å²) in [5, 5.41) is 2.05. The largest absolute Gasteiger partial charge is 0.297 e. The lowest BCUT2D eigenvalue weighted by atomic mass is 9.73. The lowest BCUT2D eigenvalue weighted by molar-refractivity contribution is -0.131. The van der Waals surface area contributed by atoms with Crippen molar-refractivity contribution in [3.63, 3.8) is 0 Å². The molecule has 0 unspecified atom stereocenters. The number of ketones is 1. The molecule has 1 aromatic rings. The highest BCUT2D eigenvalue weighted by Crippen LogP contribution is 2.36. The van der Waals surface area contributed by atoms with Gasteiger partial charge in [0.25, 0.3) is 0 Å². The molecule has 2 nitrogen and oxygen atoms in total. The molecule has 1 aromatic heterocycles. The Labute approximate surface area is 114 Å². The predicted octanol–water partition coefficient (Wildman–Crippen LogP) is 3.37. The van der Waals surface area contributed by atoms with Crippen LogP contribution in [0.4, 0.5) is 0 Å². The van der Waals surface area contributed by atoms with Crippen molar-refractivity contribution in [2.45, 2.75) is 44.6 Å². The second kappa shape index (κ2) is 5.54. The van der Waals surface area contributed by atoms with Crippen LogP contribution >= 0.6 is 11.3 Å². The Morgan fingerprint density at radius 3 is 2.61 bits per heavy atom. The summed E-state index contributed by atoms with van der Waals surface area (Å²) in [4.78, 5) is 16.1. The maximum atomic E-state index is 12.7. The van der Waals surface area contributed by atoms with E-state index in [1.165, 1.54) is 17.7 Å². The molecular weight excluding hydrogens is 242 g/mol. The SMILES string of the molecule is CC1CCC(C(=O)Cc2cccs2)(N(C)C)CC1. The summed E-state index contributed by atoms with van der Waals surface area (Å²) in [7, 11) is 4.12. The number of nitrogens with zero attached hydrogens (tertiary/aromatic N) is 1. The summed E-state index contributed by atoms with van der Waals surface area (Å²) in [6.07, 6.45) is 4.99. The summed E-state index contributed by atoms with van der Waals surface area (Å²) in [6.45, 7) is 2.29. The maximum Gasteiger partial charge on any atom is 0.158 e. The molecule has 18 heavy (non-hydrogen) atoms. The molecule has 3 heteroatoms. The molecule has 1 aliphatic rings. The smallest absolute Gasteiger partial charge is 0.158 e. The molecule has 0 bridgehead atoms. The number of carbonyl (C=O) groups is 1. The molecule has 100 valence electrons. The first-order chi connectivity index (χ1) is 8.54. The Morgan fingerprint density at radius 2 is 2.11 bits per heavy atom. The lowest BCUT2D eigenvalue weighted by Crippen LogP contribution is -2.53. The number of carbonyl (C=O) groups excluding carboxylic acids is 1. The molecule has 0 saturated heterocycles. The number of likely N-dealkylation sites (N-methyl/N-ethyl adjacent to an activating group) is 1. The van der Waals surface area contributed by atoms with Gasteiger partial charge in [-0.3, -0.25) is 9.69 Å². The lowest BCUT2D eigenvalue weighted by Gasteiger charge is -2.43. The van der Waals surface area contributed by atoms with Gasteiger partial charge in [-0.1, -0.05) is 13.0 Å². The van der Waals surface area contributed by atoms with Gasteiger partial charge >= 0.3 is 0 Å². The van der Waals surface area contributed by atoms with Gasteiger partial charge < -0.3 is 0 Å². The van der Waals surface area contributed by atoms with Crippen LogP contribution in [-0.4, -0.2) is 30.3 Å². The van der Waals surface area contributed by atoms with Crippen LogP contribution < -0.4 is 0 Å². The van der Waals surface area contributed by atoms with Crippen molar-refractivity contribution in [2.24, 2.45) is 5.92 Å². The Kier molecular flexibility index (Phi) is 4.23. The minimum atomic E-state index is -0.212. The van der Waals surface area contributed by atoms with Crippen molar-refractivity contribution in [3.8, 4) is 0 Å². The quantitative estimate of drug-likeness (QED) is 0.832. The zero-order valence-electron chi connectivity index (χ0n) is 11.6. The summed E-state index contributed by atoms with van der Waals surface area (Å²) >= 11 is 1.69. The average molecular weight is 265 g/mol. The van der Waals surface area contributed by atoms with Gasteiger partial charge in [0.2, 0.25) is 0 Å². The molecular formula is C15H23NOS. The first kappa shape index (κ1) is 13.8. The number of thiophene rings is 1. The number of hydrogen-bond acceptors (Lipinski definition) is 3.